The zero-order valence-electron chi connectivity index (χ0n) is 14.3. The summed E-state index contributed by atoms with van der Waals surface area (Å²) < 4.78 is 3.83. The Hall–Kier alpha value is -2.67. The molecule has 0 amide bonds. The molecule has 0 N–H and O–H groups in total. The second-order valence-electron chi connectivity index (χ2n) is 6.08. The quantitative estimate of drug-likeness (QED) is 0.527. The molecule has 0 bridgehead atoms. The SMILES string of the molecule is Cc1ccc(-n2nnnc2SCc2cn3cccc(C)c3n2)cc1C. The molecule has 0 atom stereocenters. The summed E-state index contributed by atoms with van der Waals surface area (Å²) in [7, 11) is 0. The summed E-state index contributed by atoms with van der Waals surface area (Å²) in [6.07, 6.45) is 4.07. The van der Waals surface area contributed by atoms with E-state index >= 15 is 0 Å². The van der Waals surface area contributed by atoms with Gasteiger partial charge in [0.1, 0.15) is 5.65 Å². The zero-order chi connectivity index (χ0) is 17.4. The summed E-state index contributed by atoms with van der Waals surface area (Å²) in [6.45, 7) is 6.26. The lowest BCUT2D eigenvalue weighted by Crippen LogP contribution is -2.00. The molecule has 0 fully saturated rings. The van der Waals surface area contributed by atoms with Crippen molar-refractivity contribution in [1.82, 2.24) is 29.6 Å². The number of aryl methyl sites for hydroxylation is 3. The van der Waals surface area contributed by atoms with Crippen LogP contribution in [-0.4, -0.2) is 29.6 Å². The first kappa shape index (κ1) is 15.8. The molecule has 0 saturated heterocycles. The average molecular weight is 350 g/mol. The van der Waals surface area contributed by atoms with E-state index in [4.69, 9.17) is 4.98 Å². The van der Waals surface area contributed by atoms with Crippen LogP contribution in [0.1, 0.15) is 22.4 Å². The van der Waals surface area contributed by atoms with Crippen molar-refractivity contribution in [3.63, 3.8) is 0 Å². The third kappa shape index (κ3) is 3.02. The van der Waals surface area contributed by atoms with Gasteiger partial charge in [0.15, 0.2) is 0 Å². The Morgan fingerprint density at radius 3 is 2.72 bits per heavy atom. The fourth-order valence-corrected chi connectivity index (χ4v) is 3.48. The minimum atomic E-state index is 0.715. The molecule has 7 heteroatoms. The molecule has 0 radical (unpaired) electrons. The summed E-state index contributed by atoms with van der Waals surface area (Å²) >= 11 is 1.58. The lowest BCUT2D eigenvalue weighted by Gasteiger charge is -2.06. The van der Waals surface area contributed by atoms with Crippen LogP contribution in [0.25, 0.3) is 11.3 Å². The summed E-state index contributed by atoms with van der Waals surface area (Å²) in [5, 5.41) is 12.9. The minimum absolute atomic E-state index is 0.715. The van der Waals surface area contributed by atoms with Crippen molar-refractivity contribution >= 4 is 17.4 Å². The lowest BCUT2D eigenvalue weighted by atomic mass is 10.1. The number of hydrogen-bond acceptors (Lipinski definition) is 5. The van der Waals surface area contributed by atoms with Gasteiger partial charge in [0, 0.05) is 18.1 Å². The van der Waals surface area contributed by atoms with Gasteiger partial charge in [0.25, 0.3) is 0 Å². The van der Waals surface area contributed by atoms with Gasteiger partial charge in [-0.2, -0.15) is 4.68 Å². The number of aromatic nitrogens is 6. The highest BCUT2D eigenvalue weighted by Gasteiger charge is 2.11. The lowest BCUT2D eigenvalue weighted by molar-refractivity contribution is 0.755. The van der Waals surface area contributed by atoms with Crippen molar-refractivity contribution in [2.24, 2.45) is 0 Å². The van der Waals surface area contributed by atoms with Crippen LogP contribution >= 0.6 is 11.8 Å². The predicted molar refractivity (Wildman–Crippen MR) is 98.1 cm³/mol. The van der Waals surface area contributed by atoms with Crippen LogP contribution < -0.4 is 0 Å². The van der Waals surface area contributed by atoms with Crippen molar-refractivity contribution < 1.29 is 0 Å². The minimum Gasteiger partial charge on any atom is -0.307 e. The molecule has 3 heterocycles. The Morgan fingerprint density at radius 2 is 1.92 bits per heavy atom. The highest BCUT2D eigenvalue weighted by Crippen LogP contribution is 2.23. The summed E-state index contributed by atoms with van der Waals surface area (Å²) in [5.41, 5.74) is 6.62. The first-order chi connectivity index (χ1) is 12.1. The van der Waals surface area contributed by atoms with Crippen LogP contribution in [-0.2, 0) is 5.75 Å². The first-order valence-electron chi connectivity index (χ1n) is 8.04. The van der Waals surface area contributed by atoms with Crippen LogP contribution in [0.4, 0.5) is 0 Å². The van der Waals surface area contributed by atoms with Crippen LogP contribution in [0.5, 0.6) is 0 Å². The molecule has 0 aliphatic carbocycles. The maximum atomic E-state index is 4.70. The van der Waals surface area contributed by atoms with E-state index in [-0.39, 0.29) is 0 Å². The molecular formula is C18H18N6S. The maximum Gasteiger partial charge on any atom is 0.214 e. The van der Waals surface area contributed by atoms with E-state index in [1.807, 2.05) is 18.3 Å². The molecule has 0 unspecified atom stereocenters. The average Bonchev–Trinajstić information content (AvgIpc) is 3.22. The molecule has 4 rings (SSSR count). The summed E-state index contributed by atoms with van der Waals surface area (Å²) in [6, 6.07) is 10.3. The Kier molecular flexibility index (Phi) is 4.01. The number of pyridine rings is 1. The van der Waals surface area contributed by atoms with E-state index < -0.39 is 0 Å². The topological polar surface area (TPSA) is 60.9 Å². The fraction of sp³-hybridized carbons (Fsp3) is 0.222. The van der Waals surface area contributed by atoms with Crippen molar-refractivity contribution in [3.05, 3.63) is 65.1 Å². The highest BCUT2D eigenvalue weighted by molar-refractivity contribution is 7.98. The molecular weight excluding hydrogens is 332 g/mol. The van der Waals surface area contributed by atoms with Gasteiger partial charge in [-0.1, -0.05) is 23.9 Å². The van der Waals surface area contributed by atoms with Gasteiger partial charge in [-0.05, 0) is 66.1 Å². The number of hydrogen-bond donors (Lipinski definition) is 0. The number of fused-ring (bicyclic) bond motifs is 1. The number of nitrogens with zero attached hydrogens (tertiary/aromatic N) is 6. The summed E-state index contributed by atoms with van der Waals surface area (Å²) in [4.78, 5) is 4.70. The van der Waals surface area contributed by atoms with Crippen LogP contribution in [0.2, 0.25) is 0 Å². The maximum absolute atomic E-state index is 4.70. The van der Waals surface area contributed by atoms with E-state index in [1.165, 1.54) is 16.7 Å². The molecule has 4 aromatic rings. The molecule has 0 spiro atoms. The third-order valence-corrected chi connectivity index (χ3v) is 5.21. The van der Waals surface area contributed by atoms with Gasteiger partial charge in [0.05, 0.1) is 11.4 Å². The number of benzene rings is 1. The second-order valence-corrected chi connectivity index (χ2v) is 7.03. The first-order valence-corrected chi connectivity index (χ1v) is 9.02. The monoisotopic (exact) mass is 350 g/mol. The molecule has 6 nitrogen and oxygen atoms in total. The van der Waals surface area contributed by atoms with Gasteiger partial charge in [-0.25, -0.2) is 4.98 Å². The molecule has 0 aliphatic rings. The van der Waals surface area contributed by atoms with Gasteiger partial charge in [-0.15, -0.1) is 5.10 Å². The van der Waals surface area contributed by atoms with Crippen LogP contribution in [0, 0.1) is 20.8 Å². The van der Waals surface area contributed by atoms with E-state index in [1.54, 1.807) is 16.4 Å². The molecule has 0 aliphatic heterocycles. The van der Waals surface area contributed by atoms with E-state index in [0.717, 1.165) is 22.2 Å². The van der Waals surface area contributed by atoms with Crippen molar-refractivity contribution in [3.8, 4) is 5.69 Å². The van der Waals surface area contributed by atoms with Gasteiger partial charge >= 0.3 is 0 Å². The molecule has 0 saturated carbocycles. The Morgan fingerprint density at radius 1 is 1.04 bits per heavy atom. The van der Waals surface area contributed by atoms with Crippen molar-refractivity contribution in [1.29, 1.82) is 0 Å². The van der Waals surface area contributed by atoms with Crippen LogP contribution in [0.3, 0.4) is 0 Å². The van der Waals surface area contributed by atoms with Crippen molar-refractivity contribution in [2.75, 3.05) is 0 Å². The molecule has 126 valence electrons. The molecule has 25 heavy (non-hydrogen) atoms. The fourth-order valence-electron chi connectivity index (χ4n) is 2.70. The normalized spacial score (nSPS) is 11.3. The molecule has 1 aromatic carbocycles. The number of tetrazole rings is 1. The largest absolute Gasteiger partial charge is 0.307 e. The third-order valence-electron chi connectivity index (χ3n) is 4.25. The highest BCUT2D eigenvalue weighted by atomic mass is 32.2. The number of thioether (sulfide) groups is 1. The van der Waals surface area contributed by atoms with E-state index in [2.05, 4.69) is 65.1 Å². The van der Waals surface area contributed by atoms with E-state index in [0.29, 0.717) is 5.75 Å². The Bertz CT molecular complexity index is 1050. The second kappa shape index (κ2) is 6.33. The zero-order valence-corrected chi connectivity index (χ0v) is 15.2. The van der Waals surface area contributed by atoms with Gasteiger partial charge in [-0.3, -0.25) is 0 Å². The number of rotatable bonds is 4. The number of imidazole rings is 1. The smallest absolute Gasteiger partial charge is 0.214 e. The Balaban J connectivity index is 1.58. The standard InChI is InChI=1S/C18H18N6S/c1-12-6-7-16(9-14(12)3)24-18(20-21-22-24)25-11-15-10-23-8-4-5-13(2)17(23)19-15/h4-10H,11H2,1-3H3. The molecule has 3 aromatic heterocycles. The van der Waals surface area contributed by atoms with Gasteiger partial charge in [0.2, 0.25) is 5.16 Å². The predicted octanol–water partition coefficient (Wildman–Crippen LogP) is 3.53. The Labute approximate surface area is 149 Å². The van der Waals surface area contributed by atoms with Crippen molar-refractivity contribution in [2.45, 2.75) is 31.7 Å². The van der Waals surface area contributed by atoms with Gasteiger partial charge < -0.3 is 4.40 Å². The van der Waals surface area contributed by atoms with E-state index in [9.17, 15) is 0 Å². The van der Waals surface area contributed by atoms with Crippen LogP contribution in [0.15, 0.2) is 47.9 Å². The summed E-state index contributed by atoms with van der Waals surface area (Å²) in [5.74, 6) is 0.715.